The van der Waals surface area contributed by atoms with Crippen LogP contribution in [-0.2, 0) is 9.59 Å². The maximum atomic E-state index is 12.7. The first-order valence-electron chi connectivity index (χ1n) is 9.17. The quantitative estimate of drug-likeness (QED) is 0.824. The number of amides is 2. The zero-order chi connectivity index (χ0) is 18.8. The molecule has 1 heterocycles. The highest BCUT2D eigenvalue weighted by Gasteiger charge is 2.31. The highest BCUT2D eigenvalue weighted by molar-refractivity contribution is 6.12. The summed E-state index contributed by atoms with van der Waals surface area (Å²) in [4.78, 5) is 28.4. The largest absolute Gasteiger partial charge is 0.301 e. The molecule has 2 aromatic carbocycles. The van der Waals surface area contributed by atoms with Crippen LogP contribution < -0.4 is 9.80 Å². The third-order valence-corrected chi connectivity index (χ3v) is 4.93. The number of benzene rings is 2. The Balaban J connectivity index is 1.76. The fourth-order valence-corrected chi connectivity index (χ4v) is 3.17. The summed E-state index contributed by atoms with van der Waals surface area (Å²) in [5.74, 6) is 0.753. The lowest BCUT2D eigenvalue weighted by atomic mass is 10.0. The molecular formula is C22H26N2O2. The Morgan fingerprint density at radius 3 is 1.19 bits per heavy atom. The van der Waals surface area contributed by atoms with Gasteiger partial charge in [0.05, 0.1) is 0 Å². The fourth-order valence-electron chi connectivity index (χ4n) is 3.17. The number of carbonyl (C=O) groups excluding carboxylic acids is 2. The SMILES string of the molecule is CC(C)c1ccc(N2CC(=O)N(c3ccc(C(C)C)cc3)CC2=O)cc1. The predicted octanol–water partition coefficient (Wildman–Crippen LogP) is 4.31. The van der Waals surface area contributed by atoms with Crippen molar-refractivity contribution in [2.24, 2.45) is 0 Å². The number of carbonyl (C=O) groups is 2. The summed E-state index contributed by atoms with van der Waals surface area (Å²) in [5, 5.41) is 0. The van der Waals surface area contributed by atoms with Crippen LogP contribution in [0.4, 0.5) is 11.4 Å². The zero-order valence-corrected chi connectivity index (χ0v) is 15.9. The molecule has 0 aromatic heterocycles. The number of hydrogen-bond acceptors (Lipinski definition) is 2. The summed E-state index contributed by atoms with van der Waals surface area (Å²) >= 11 is 0. The van der Waals surface area contributed by atoms with Crippen molar-refractivity contribution in [3.63, 3.8) is 0 Å². The second kappa shape index (κ2) is 7.32. The van der Waals surface area contributed by atoms with Crippen molar-refractivity contribution in [1.82, 2.24) is 0 Å². The van der Waals surface area contributed by atoms with Gasteiger partial charge < -0.3 is 9.80 Å². The van der Waals surface area contributed by atoms with Gasteiger partial charge in [-0.25, -0.2) is 0 Å². The Morgan fingerprint density at radius 1 is 0.615 bits per heavy atom. The van der Waals surface area contributed by atoms with Gasteiger partial charge in [-0.2, -0.15) is 0 Å². The molecule has 0 saturated carbocycles. The Morgan fingerprint density at radius 2 is 0.923 bits per heavy atom. The Labute approximate surface area is 155 Å². The van der Waals surface area contributed by atoms with Crippen molar-refractivity contribution in [3.05, 3.63) is 59.7 Å². The molecular weight excluding hydrogens is 324 g/mol. The van der Waals surface area contributed by atoms with E-state index in [1.807, 2.05) is 48.5 Å². The normalized spacial score (nSPS) is 15.3. The highest BCUT2D eigenvalue weighted by atomic mass is 16.2. The van der Waals surface area contributed by atoms with Crippen LogP contribution in [0, 0.1) is 0 Å². The third kappa shape index (κ3) is 3.64. The van der Waals surface area contributed by atoms with Crippen LogP contribution in [0.1, 0.15) is 50.7 Å². The first-order chi connectivity index (χ1) is 12.4. The molecule has 0 bridgehead atoms. The van der Waals surface area contributed by atoms with Crippen LogP contribution in [0.15, 0.2) is 48.5 Å². The van der Waals surface area contributed by atoms with Crippen LogP contribution in [0.3, 0.4) is 0 Å². The molecule has 26 heavy (non-hydrogen) atoms. The average Bonchev–Trinajstić information content (AvgIpc) is 2.63. The van der Waals surface area contributed by atoms with Gasteiger partial charge in [0.1, 0.15) is 13.1 Å². The minimum atomic E-state index is -0.0603. The van der Waals surface area contributed by atoms with E-state index in [1.165, 1.54) is 11.1 Å². The van der Waals surface area contributed by atoms with Gasteiger partial charge in [0, 0.05) is 11.4 Å². The van der Waals surface area contributed by atoms with E-state index in [4.69, 9.17) is 0 Å². The number of anilines is 2. The van der Waals surface area contributed by atoms with E-state index in [0.717, 1.165) is 11.4 Å². The molecule has 0 N–H and O–H groups in total. The van der Waals surface area contributed by atoms with Crippen LogP contribution >= 0.6 is 0 Å². The van der Waals surface area contributed by atoms with E-state index in [-0.39, 0.29) is 24.9 Å². The van der Waals surface area contributed by atoms with Crippen LogP contribution in [0.2, 0.25) is 0 Å². The van der Waals surface area contributed by atoms with E-state index in [2.05, 4.69) is 27.7 Å². The van der Waals surface area contributed by atoms with Crippen molar-refractivity contribution >= 4 is 23.2 Å². The van der Waals surface area contributed by atoms with E-state index >= 15 is 0 Å². The van der Waals surface area contributed by atoms with Gasteiger partial charge in [-0.05, 0) is 47.2 Å². The molecule has 0 radical (unpaired) electrons. The molecule has 4 nitrogen and oxygen atoms in total. The lowest BCUT2D eigenvalue weighted by Crippen LogP contribution is -2.54. The number of hydrogen-bond donors (Lipinski definition) is 0. The standard InChI is InChI=1S/C22H26N2O2/c1-15(2)17-5-9-19(10-6-17)23-13-22(26)24(14-21(23)25)20-11-7-18(8-12-20)16(3)4/h5-12,15-16H,13-14H2,1-4H3. The molecule has 1 saturated heterocycles. The Bertz CT molecular complexity index is 722. The zero-order valence-electron chi connectivity index (χ0n) is 15.9. The first kappa shape index (κ1) is 18.2. The van der Waals surface area contributed by atoms with Gasteiger partial charge in [0.2, 0.25) is 11.8 Å². The lowest BCUT2D eigenvalue weighted by molar-refractivity contribution is -0.125. The van der Waals surface area contributed by atoms with Gasteiger partial charge in [-0.1, -0.05) is 52.0 Å². The van der Waals surface area contributed by atoms with Gasteiger partial charge in [-0.15, -0.1) is 0 Å². The molecule has 0 spiro atoms. The van der Waals surface area contributed by atoms with E-state index in [0.29, 0.717) is 11.8 Å². The summed E-state index contributed by atoms with van der Waals surface area (Å²) in [7, 11) is 0. The molecule has 1 aliphatic heterocycles. The third-order valence-electron chi connectivity index (χ3n) is 4.93. The van der Waals surface area contributed by atoms with Gasteiger partial charge >= 0.3 is 0 Å². The average molecular weight is 350 g/mol. The molecule has 2 amide bonds. The lowest BCUT2D eigenvalue weighted by Gasteiger charge is -2.34. The van der Waals surface area contributed by atoms with Crippen molar-refractivity contribution in [2.45, 2.75) is 39.5 Å². The Kier molecular flexibility index (Phi) is 5.12. The topological polar surface area (TPSA) is 40.6 Å². The molecule has 2 aromatic rings. The van der Waals surface area contributed by atoms with Crippen molar-refractivity contribution < 1.29 is 9.59 Å². The highest BCUT2D eigenvalue weighted by Crippen LogP contribution is 2.25. The summed E-state index contributed by atoms with van der Waals surface area (Å²) < 4.78 is 0. The first-order valence-corrected chi connectivity index (χ1v) is 9.17. The molecule has 1 aliphatic rings. The van der Waals surface area contributed by atoms with Crippen molar-refractivity contribution in [3.8, 4) is 0 Å². The van der Waals surface area contributed by atoms with Gasteiger partial charge in [-0.3, -0.25) is 9.59 Å². The van der Waals surface area contributed by atoms with Crippen molar-refractivity contribution in [2.75, 3.05) is 22.9 Å². The fraction of sp³-hybridized carbons (Fsp3) is 0.364. The number of nitrogens with zero attached hydrogens (tertiary/aromatic N) is 2. The smallest absolute Gasteiger partial charge is 0.247 e. The predicted molar refractivity (Wildman–Crippen MR) is 106 cm³/mol. The van der Waals surface area contributed by atoms with Crippen molar-refractivity contribution in [1.29, 1.82) is 0 Å². The van der Waals surface area contributed by atoms with E-state index in [9.17, 15) is 9.59 Å². The molecule has 0 unspecified atom stereocenters. The molecule has 4 heteroatoms. The summed E-state index contributed by atoms with van der Waals surface area (Å²) in [6, 6.07) is 15.8. The van der Waals surface area contributed by atoms with E-state index < -0.39 is 0 Å². The monoisotopic (exact) mass is 350 g/mol. The molecule has 0 aliphatic carbocycles. The summed E-state index contributed by atoms with van der Waals surface area (Å²) in [6.07, 6.45) is 0. The maximum absolute atomic E-state index is 12.7. The number of rotatable bonds is 4. The molecule has 1 fully saturated rings. The minimum Gasteiger partial charge on any atom is -0.301 e. The second-order valence-electron chi connectivity index (χ2n) is 7.45. The Hall–Kier alpha value is -2.62. The number of piperazine rings is 1. The second-order valence-corrected chi connectivity index (χ2v) is 7.45. The van der Waals surface area contributed by atoms with E-state index in [1.54, 1.807) is 9.80 Å². The van der Waals surface area contributed by atoms with Crippen LogP contribution in [0.25, 0.3) is 0 Å². The van der Waals surface area contributed by atoms with Gasteiger partial charge in [0.25, 0.3) is 0 Å². The van der Waals surface area contributed by atoms with Gasteiger partial charge in [0.15, 0.2) is 0 Å². The molecule has 3 rings (SSSR count). The summed E-state index contributed by atoms with van der Waals surface area (Å²) in [5.41, 5.74) is 4.00. The minimum absolute atomic E-state index is 0.0603. The van der Waals surface area contributed by atoms with Crippen LogP contribution in [0.5, 0.6) is 0 Å². The summed E-state index contributed by atoms with van der Waals surface area (Å²) in [6.45, 7) is 8.68. The van der Waals surface area contributed by atoms with Crippen LogP contribution in [-0.4, -0.2) is 24.9 Å². The molecule has 136 valence electrons. The maximum Gasteiger partial charge on any atom is 0.247 e. The molecule has 0 atom stereocenters.